The number of rotatable bonds is 1. The average Bonchev–Trinajstić information content (AvgIpc) is 1.88. The minimum absolute atomic E-state index is 0.187. The smallest absolute Gasteiger partial charge is 0.107 e. The van der Waals surface area contributed by atoms with E-state index in [1.807, 2.05) is 0 Å². The topological polar surface area (TPSA) is 69.9 Å². The molecule has 0 aliphatic carbocycles. The van der Waals surface area contributed by atoms with Gasteiger partial charge in [0.15, 0.2) is 0 Å². The maximum atomic E-state index is 9.09. The molecule has 1 heterocycles. The number of hydrogen-bond acceptors (Lipinski definition) is 4. The zero-order valence-corrected chi connectivity index (χ0v) is 5.60. The van der Waals surface area contributed by atoms with Gasteiger partial charge in [-0.25, -0.2) is 0 Å². The van der Waals surface area contributed by atoms with Crippen molar-refractivity contribution in [1.29, 1.82) is 0 Å². The predicted octanol–water partition coefficient (Wildman–Crippen LogP) is -1.51. The largest absolute Gasteiger partial charge is 0.394 e. The fourth-order valence-corrected chi connectivity index (χ4v) is 1.02. The molecule has 0 amide bonds. The molecule has 1 aliphatic rings. The highest BCUT2D eigenvalue weighted by Crippen LogP contribution is 2.13. The van der Waals surface area contributed by atoms with E-state index in [1.54, 1.807) is 0 Å². The van der Waals surface area contributed by atoms with Crippen LogP contribution in [0.25, 0.3) is 0 Å². The van der Waals surface area contributed by atoms with Gasteiger partial charge in [0.05, 0.1) is 25.4 Å². The standard InChI is InChI=1S/C6H12O4/c7-2-6-5(9)1-4(8)3-10-6/h4-9H,1-3H2/t4-,5-,6-/m1/s1. The van der Waals surface area contributed by atoms with E-state index in [1.165, 1.54) is 0 Å². The Morgan fingerprint density at radius 2 is 2.10 bits per heavy atom. The molecule has 1 aliphatic heterocycles. The van der Waals surface area contributed by atoms with Gasteiger partial charge < -0.3 is 20.1 Å². The van der Waals surface area contributed by atoms with E-state index in [-0.39, 0.29) is 13.2 Å². The molecule has 0 aromatic rings. The summed E-state index contributed by atoms with van der Waals surface area (Å²) in [5.74, 6) is 0. The minimum atomic E-state index is -0.728. The van der Waals surface area contributed by atoms with Crippen LogP contribution >= 0.6 is 0 Å². The molecule has 1 saturated heterocycles. The van der Waals surface area contributed by atoms with Crippen molar-refractivity contribution in [3.63, 3.8) is 0 Å². The monoisotopic (exact) mass is 148 g/mol. The van der Waals surface area contributed by atoms with E-state index >= 15 is 0 Å². The van der Waals surface area contributed by atoms with E-state index in [4.69, 9.17) is 20.1 Å². The van der Waals surface area contributed by atoms with Crippen molar-refractivity contribution in [2.75, 3.05) is 13.2 Å². The Balaban J connectivity index is 2.36. The lowest BCUT2D eigenvalue weighted by Crippen LogP contribution is -2.42. The molecule has 0 aromatic carbocycles. The molecule has 0 saturated carbocycles. The van der Waals surface area contributed by atoms with E-state index < -0.39 is 18.3 Å². The molecule has 0 spiro atoms. The van der Waals surface area contributed by atoms with E-state index in [9.17, 15) is 0 Å². The van der Waals surface area contributed by atoms with Gasteiger partial charge in [-0.15, -0.1) is 0 Å². The van der Waals surface area contributed by atoms with Gasteiger partial charge in [-0.1, -0.05) is 0 Å². The van der Waals surface area contributed by atoms with Gasteiger partial charge in [0, 0.05) is 6.42 Å². The fraction of sp³-hybridized carbons (Fsp3) is 1.00. The van der Waals surface area contributed by atoms with Gasteiger partial charge in [0.2, 0.25) is 0 Å². The van der Waals surface area contributed by atoms with E-state index in [0.29, 0.717) is 6.42 Å². The van der Waals surface area contributed by atoms with Crippen LogP contribution in [-0.4, -0.2) is 46.8 Å². The summed E-state index contributed by atoms with van der Waals surface area (Å²) in [4.78, 5) is 0. The van der Waals surface area contributed by atoms with E-state index in [2.05, 4.69) is 0 Å². The quantitative estimate of drug-likeness (QED) is 0.423. The second-order valence-electron chi connectivity index (χ2n) is 2.51. The molecular weight excluding hydrogens is 136 g/mol. The molecule has 4 heteroatoms. The molecule has 60 valence electrons. The number of ether oxygens (including phenoxy) is 1. The lowest BCUT2D eigenvalue weighted by atomic mass is 10.0. The summed E-state index contributed by atoms with van der Waals surface area (Å²) < 4.78 is 4.90. The van der Waals surface area contributed by atoms with Crippen LogP contribution in [0, 0.1) is 0 Å². The first-order valence-electron chi connectivity index (χ1n) is 3.32. The Hall–Kier alpha value is -0.160. The van der Waals surface area contributed by atoms with Gasteiger partial charge in [0.25, 0.3) is 0 Å². The number of aliphatic hydroxyl groups excluding tert-OH is 3. The van der Waals surface area contributed by atoms with Crippen LogP contribution in [0.4, 0.5) is 0 Å². The Kier molecular flexibility index (Phi) is 2.62. The van der Waals surface area contributed by atoms with Gasteiger partial charge in [-0.2, -0.15) is 0 Å². The molecule has 1 fully saturated rings. The lowest BCUT2D eigenvalue weighted by molar-refractivity contribution is -0.136. The average molecular weight is 148 g/mol. The minimum Gasteiger partial charge on any atom is -0.394 e. The summed E-state index contributed by atoms with van der Waals surface area (Å²) in [5, 5.41) is 26.6. The summed E-state index contributed by atoms with van der Waals surface area (Å²) >= 11 is 0. The highest BCUT2D eigenvalue weighted by Gasteiger charge is 2.27. The van der Waals surface area contributed by atoms with Crippen LogP contribution < -0.4 is 0 Å². The van der Waals surface area contributed by atoms with Crippen molar-refractivity contribution in [3.8, 4) is 0 Å². The lowest BCUT2D eigenvalue weighted by Gasteiger charge is -2.29. The zero-order valence-electron chi connectivity index (χ0n) is 5.60. The van der Waals surface area contributed by atoms with Gasteiger partial charge >= 0.3 is 0 Å². The number of aliphatic hydroxyl groups is 3. The summed E-state index contributed by atoms with van der Waals surface area (Å²) in [5.41, 5.74) is 0. The zero-order chi connectivity index (χ0) is 7.56. The first kappa shape index (κ1) is 7.94. The Labute approximate surface area is 59.1 Å². The molecule has 3 N–H and O–H groups in total. The Bertz CT molecular complexity index is 106. The third-order valence-corrected chi connectivity index (χ3v) is 1.63. The molecule has 10 heavy (non-hydrogen) atoms. The maximum absolute atomic E-state index is 9.09. The van der Waals surface area contributed by atoms with Crippen LogP contribution in [0.3, 0.4) is 0 Å². The third kappa shape index (κ3) is 1.67. The molecule has 0 unspecified atom stereocenters. The van der Waals surface area contributed by atoms with Crippen molar-refractivity contribution < 1.29 is 20.1 Å². The second-order valence-corrected chi connectivity index (χ2v) is 2.51. The molecule has 3 atom stereocenters. The second kappa shape index (κ2) is 3.30. The van der Waals surface area contributed by atoms with Gasteiger partial charge in [-0.05, 0) is 0 Å². The Morgan fingerprint density at radius 3 is 2.60 bits per heavy atom. The first-order chi connectivity index (χ1) is 4.74. The van der Waals surface area contributed by atoms with Crippen LogP contribution in [0.5, 0.6) is 0 Å². The van der Waals surface area contributed by atoms with Crippen LogP contribution in [0.15, 0.2) is 0 Å². The van der Waals surface area contributed by atoms with Gasteiger partial charge in [-0.3, -0.25) is 0 Å². The first-order valence-corrected chi connectivity index (χ1v) is 3.32. The van der Waals surface area contributed by atoms with Crippen molar-refractivity contribution >= 4 is 0 Å². The van der Waals surface area contributed by atoms with Crippen molar-refractivity contribution in [1.82, 2.24) is 0 Å². The summed E-state index contributed by atoms with van der Waals surface area (Å²) in [7, 11) is 0. The highest BCUT2D eigenvalue weighted by molar-refractivity contribution is 4.76. The van der Waals surface area contributed by atoms with Gasteiger partial charge in [0.1, 0.15) is 6.10 Å². The Morgan fingerprint density at radius 1 is 1.40 bits per heavy atom. The summed E-state index contributed by atoms with van der Waals surface area (Å²) in [6, 6.07) is 0. The molecule has 4 nitrogen and oxygen atoms in total. The van der Waals surface area contributed by atoms with Crippen molar-refractivity contribution in [2.45, 2.75) is 24.7 Å². The van der Waals surface area contributed by atoms with Crippen molar-refractivity contribution in [2.24, 2.45) is 0 Å². The SMILES string of the molecule is OC[C@H]1OC[C@H](O)C[C@H]1O. The molecule has 0 bridgehead atoms. The van der Waals surface area contributed by atoms with Crippen LogP contribution in [0.1, 0.15) is 6.42 Å². The van der Waals surface area contributed by atoms with Crippen LogP contribution in [0.2, 0.25) is 0 Å². The highest BCUT2D eigenvalue weighted by atomic mass is 16.5. The molecule has 0 radical (unpaired) electrons. The molecular formula is C6H12O4. The normalized spacial score (nSPS) is 41.7. The molecule has 0 aromatic heterocycles. The predicted molar refractivity (Wildman–Crippen MR) is 33.5 cm³/mol. The maximum Gasteiger partial charge on any atom is 0.107 e. The van der Waals surface area contributed by atoms with E-state index in [0.717, 1.165) is 0 Å². The number of hydrogen-bond donors (Lipinski definition) is 3. The summed E-state index contributed by atoms with van der Waals surface area (Å²) in [6.07, 6.45) is -1.53. The summed E-state index contributed by atoms with van der Waals surface area (Å²) in [6.45, 7) is 0.0240. The third-order valence-electron chi connectivity index (χ3n) is 1.63. The van der Waals surface area contributed by atoms with Crippen LogP contribution in [-0.2, 0) is 4.74 Å². The van der Waals surface area contributed by atoms with Crippen molar-refractivity contribution in [3.05, 3.63) is 0 Å². The fourth-order valence-electron chi connectivity index (χ4n) is 1.02. The molecule has 1 rings (SSSR count).